The molecule has 0 spiro atoms. The van der Waals surface area contributed by atoms with Gasteiger partial charge in [0.15, 0.2) is 0 Å². The Morgan fingerprint density at radius 3 is 2.94 bits per heavy atom. The summed E-state index contributed by atoms with van der Waals surface area (Å²) >= 11 is 9.23. The molecule has 0 amide bonds. The average molecular weight is 273 g/mol. The Morgan fingerprint density at radius 2 is 2.31 bits per heavy atom. The van der Waals surface area contributed by atoms with E-state index in [0.717, 1.165) is 29.5 Å². The molecule has 5 heteroatoms. The van der Waals surface area contributed by atoms with Crippen LogP contribution in [0, 0.1) is 6.92 Å². The van der Waals surface area contributed by atoms with E-state index in [1.807, 2.05) is 18.5 Å². The zero-order valence-electron chi connectivity index (χ0n) is 9.00. The van der Waals surface area contributed by atoms with Crippen LogP contribution in [0.1, 0.15) is 15.4 Å². The van der Waals surface area contributed by atoms with Crippen molar-refractivity contribution in [2.24, 2.45) is 0 Å². The largest absolute Gasteiger partial charge is 0.311 e. The van der Waals surface area contributed by atoms with Gasteiger partial charge in [0.25, 0.3) is 0 Å². The fourth-order valence-corrected chi connectivity index (χ4v) is 3.23. The fourth-order valence-electron chi connectivity index (χ4n) is 1.40. The monoisotopic (exact) mass is 272 g/mol. The van der Waals surface area contributed by atoms with Crippen LogP contribution < -0.4 is 5.32 Å². The summed E-state index contributed by atoms with van der Waals surface area (Å²) in [5, 5.41) is 3.42. The highest BCUT2D eigenvalue weighted by Gasteiger charge is 2.01. The van der Waals surface area contributed by atoms with Gasteiger partial charge in [-0.15, -0.1) is 22.7 Å². The first-order valence-corrected chi connectivity index (χ1v) is 7.17. The van der Waals surface area contributed by atoms with Gasteiger partial charge in [0.1, 0.15) is 0 Å². The van der Waals surface area contributed by atoms with E-state index in [0.29, 0.717) is 0 Å². The topological polar surface area (TPSA) is 24.9 Å². The summed E-state index contributed by atoms with van der Waals surface area (Å²) in [6.45, 7) is 3.94. The van der Waals surface area contributed by atoms with E-state index in [2.05, 4.69) is 16.4 Å². The van der Waals surface area contributed by atoms with E-state index in [1.54, 1.807) is 22.7 Å². The summed E-state index contributed by atoms with van der Waals surface area (Å²) in [5.41, 5.74) is 3.03. The van der Waals surface area contributed by atoms with Crippen molar-refractivity contribution < 1.29 is 0 Å². The fraction of sp³-hybridized carbons (Fsp3) is 0.364. The van der Waals surface area contributed by atoms with Crippen LogP contribution >= 0.6 is 34.3 Å². The van der Waals surface area contributed by atoms with Gasteiger partial charge in [-0.05, 0) is 25.5 Å². The van der Waals surface area contributed by atoms with E-state index in [4.69, 9.17) is 11.6 Å². The van der Waals surface area contributed by atoms with Crippen molar-refractivity contribution in [2.75, 3.05) is 6.54 Å². The van der Waals surface area contributed by atoms with Crippen molar-refractivity contribution in [2.45, 2.75) is 19.9 Å². The Kier molecular flexibility index (Phi) is 4.35. The maximum absolute atomic E-state index is 5.87. The van der Waals surface area contributed by atoms with Crippen molar-refractivity contribution in [3.63, 3.8) is 0 Å². The zero-order chi connectivity index (χ0) is 11.4. The summed E-state index contributed by atoms with van der Waals surface area (Å²) in [6, 6.07) is 4.04. The van der Waals surface area contributed by atoms with Gasteiger partial charge < -0.3 is 5.32 Å². The maximum atomic E-state index is 5.87. The van der Waals surface area contributed by atoms with Crippen LogP contribution in [0.25, 0.3) is 0 Å². The highest BCUT2D eigenvalue weighted by Crippen LogP contribution is 2.21. The molecular weight excluding hydrogens is 260 g/mol. The van der Waals surface area contributed by atoms with E-state index >= 15 is 0 Å². The third-order valence-electron chi connectivity index (χ3n) is 2.31. The number of rotatable bonds is 5. The Labute approximate surface area is 108 Å². The van der Waals surface area contributed by atoms with Gasteiger partial charge in [0.2, 0.25) is 0 Å². The van der Waals surface area contributed by atoms with Crippen molar-refractivity contribution in [1.29, 1.82) is 0 Å². The van der Waals surface area contributed by atoms with E-state index in [9.17, 15) is 0 Å². The van der Waals surface area contributed by atoms with Crippen LogP contribution in [0.3, 0.4) is 0 Å². The molecule has 2 heterocycles. The summed E-state index contributed by atoms with van der Waals surface area (Å²) in [4.78, 5) is 6.88. The molecule has 16 heavy (non-hydrogen) atoms. The molecule has 86 valence electrons. The van der Waals surface area contributed by atoms with Gasteiger partial charge in [-0.2, -0.15) is 0 Å². The van der Waals surface area contributed by atoms with Crippen LogP contribution in [-0.4, -0.2) is 11.5 Å². The Bertz CT molecular complexity index is 450. The van der Waals surface area contributed by atoms with E-state index < -0.39 is 0 Å². The number of thiazole rings is 1. The zero-order valence-corrected chi connectivity index (χ0v) is 11.4. The standard InChI is InChI=1S/C11H13ClN2S2/c1-8-10(15-7-14-8)6-13-5-4-9-2-3-11(12)16-9/h2-3,7,13H,4-6H2,1H3. The summed E-state index contributed by atoms with van der Waals surface area (Å²) in [7, 11) is 0. The highest BCUT2D eigenvalue weighted by atomic mass is 35.5. The van der Waals surface area contributed by atoms with Crippen molar-refractivity contribution >= 4 is 34.3 Å². The van der Waals surface area contributed by atoms with Gasteiger partial charge in [-0.1, -0.05) is 11.6 Å². The molecule has 0 atom stereocenters. The molecule has 0 bridgehead atoms. The first-order chi connectivity index (χ1) is 7.75. The first-order valence-electron chi connectivity index (χ1n) is 5.09. The summed E-state index contributed by atoms with van der Waals surface area (Å²) in [5.74, 6) is 0. The van der Waals surface area contributed by atoms with Gasteiger partial charge >= 0.3 is 0 Å². The normalized spacial score (nSPS) is 10.9. The third-order valence-corrected chi connectivity index (χ3v) is 4.53. The lowest BCUT2D eigenvalue weighted by Gasteiger charge is -2.02. The third kappa shape index (κ3) is 3.28. The van der Waals surface area contributed by atoms with Crippen LogP contribution in [0.2, 0.25) is 4.34 Å². The minimum absolute atomic E-state index is 0.869. The number of aromatic nitrogens is 1. The number of nitrogens with zero attached hydrogens (tertiary/aromatic N) is 1. The predicted octanol–water partition coefficient (Wildman–Crippen LogP) is 3.50. The Balaban J connectivity index is 1.71. The highest BCUT2D eigenvalue weighted by molar-refractivity contribution is 7.16. The van der Waals surface area contributed by atoms with E-state index in [1.165, 1.54) is 9.75 Å². The predicted molar refractivity (Wildman–Crippen MR) is 71.6 cm³/mol. The number of hydrogen-bond acceptors (Lipinski definition) is 4. The minimum atomic E-state index is 0.869. The molecule has 0 aliphatic heterocycles. The molecule has 0 aliphatic rings. The molecule has 0 saturated heterocycles. The SMILES string of the molecule is Cc1ncsc1CNCCc1ccc(Cl)s1. The molecule has 2 nitrogen and oxygen atoms in total. The number of aryl methyl sites for hydroxylation is 1. The molecule has 1 N–H and O–H groups in total. The molecule has 0 saturated carbocycles. The summed E-state index contributed by atoms with van der Waals surface area (Å²) in [6.07, 6.45) is 1.04. The van der Waals surface area contributed by atoms with Crippen LogP contribution in [0.5, 0.6) is 0 Å². The number of nitrogens with one attached hydrogen (secondary N) is 1. The lowest BCUT2D eigenvalue weighted by Crippen LogP contribution is -2.16. The molecule has 2 aromatic heterocycles. The van der Waals surface area contributed by atoms with Gasteiger partial charge in [0, 0.05) is 22.8 Å². The average Bonchev–Trinajstić information content (AvgIpc) is 2.83. The summed E-state index contributed by atoms with van der Waals surface area (Å²) < 4.78 is 0.869. The van der Waals surface area contributed by atoms with Gasteiger partial charge in [0.05, 0.1) is 15.5 Å². The van der Waals surface area contributed by atoms with Crippen molar-refractivity contribution in [3.8, 4) is 0 Å². The molecular formula is C11H13ClN2S2. The number of halogens is 1. The molecule has 0 fully saturated rings. The minimum Gasteiger partial charge on any atom is -0.311 e. The van der Waals surface area contributed by atoms with Crippen molar-refractivity contribution in [1.82, 2.24) is 10.3 Å². The Morgan fingerprint density at radius 1 is 1.44 bits per heavy atom. The first kappa shape index (κ1) is 12.0. The van der Waals surface area contributed by atoms with Gasteiger partial charge in [-0.25, -0.2) is 4.98 Å². The molecule has 0 aliphatic carbocycles. The lowest BCUT2D eigenvalue weighted by molar-refractivity contribution is 0.694. The van der Waals surface area contributed by atoms with Crippen LogP contribution in [-0.2, 0) is 13.0 Å². The molecule has 2 rings (SSSR count). The second-order valence-electron chi connectivity index (χ2n) is 3.49. The number of hydrogen-bond donors (Lipinski definition) is 1. The Hall–Kier alpha value is -0.420. The van der Waals surface area contributed by atoms with Gasteiger partial charge in [-0.3, -0.25) is 0 Å². The molecule has 2 aromatic rings. The van der Waals surface area contributed by atoms with Crippen LogP contribution in [0.4, 0.5) is 0 Å². The second-order valence-corrected chi connectivity index (χ2v) is 6.23. The lowest BCUT2D eigenvalue weighted by atomic mass is 10.3. The molecule has 0 unspecified atom stereocenters. The van der Waals surface area contributed by atoms with Crippen molar-refractivity contribution in [3.05, 3.63) is 37.4 Å². The van der Waals surface area contributed by atoms with E-state index in [-0.39, 0.29) is 0 Å². The van der Waals surface area contributed by atoms with Crippen LogP contribution in [0.15, 0.2) is 17.6 Å². The maximum Gasteiger partial charge on any atom is 0.0931 e. The quantitative estimate of drug-likeness (QED) is 0.843. The number of thiophene rings is 1. The second kappa shape index (κ2) is 5.77. The smallest absolute Gasteiger partial charge is 0.0931 e. The molecule has 0 radical (unpaired) electrons. The molecule has 0 aromatic carbocycles.